The molecule has 0 aliphatic carbocycles. The Kier molecular flexibility index (Phi) is 4.76. The summed E-state index contributed by atoms with van der Waals surface area (Å²) in [4.78, 5) is 3.14. The second kappa shape index (κ2) is 5.51. The van der Waals surface area contributed by atoms with E-state index in [1.807, 2.05) is 0 Å². The van der Waals surface area contributed by atoms with Crippen molar-refractivity contribution in [2.45, 2.75) is 18.7 Å². The maximum Gasteiger partial charge on any atom is 0.574 e. The first kappa shape index (κ1) is 14.7. The molecule has 1 rings (SSSR count). The zero-order valence-corrected chi connectivity index (χ0v) is 10.8. The van der Waals surface area contributed by atoms with Crippen LogP contribution in [0.25, 0.3) is 0 Å². The molecule has 1 aromatic rings. The number of aromatic nitrogens is 1. The van der Waals surface area contributed by atoms with E-state index < -0.39 is 24.4 Å². The number of hydrogen-bond donors (Lipinski definition) is 0. The highest BCUT2D eigenvalue weighted by atomic mass is 127. The fraction of sp³-hybridized carbons (Fsp3) is 0.375. The average molecular weight is 387 g/mol. The third-order valence-electron chi connectivity index (χ3n) is 1.62. The third kappa shape index (κ3) is 4.09. The molecule has 0 bridgehead atoms. The van der Waals surface area contributed by atoms with Crippen molar-refractivity contribution in [3.63, 3.8) is 0 Å². The van der Waals surface area contributed by atoms with Crippen molar-refractivity contribution < 1.29 is 26.7 Å². The molecule has 1 heterocycles. The molecular weight excluding hydrogens is 383 g/mol. The SMILES string of the molecule is FC(F)c1nc(OC(F)(F)F)c(I)cc1CCl. The van der Waals surface area contributed by atoms with Gasteiger partial charge in [-0.25, -0.2) is 13.8 Å². The highest BCUT2D eigenvalue weighted by Gasteiger charge is 2.33. The molecule has 0 aromatic carbocycles. The number of hydrogen-bond acceptors (Lipinski definition) is 2. The van der Waals surface area contributed by atoms with Crippen molar-refractivity contribution in [2.24, 2.45) is 0 Å². The zero-order valence-electron chi connectivity index (χ0n) is 7.86. The summed E-state index contributed by atoms with van der Waals surface area (Å²) < 4.78 is 64.4. The van der Waals surface area contributed by atoms with Crippen molar-refractivity contribution >= 4 is 34.2 Å². The smallest absolute Gasteiger partial charge is 0.387 e. The van der Waals surface area contributed by atoms with Gasteiger partial charge in [0, 0.05) is 5.88 Å². The molecule has 0 radical (unpaired) electrons. The van der Waals surface area contributed by atoms with Gasteiger partial charge in [0.2, 0.25) is 5.88 Å². The minimum Gasteiger partial charge on any atom is -0.387 e. The summed E-state index contributed by atoms with van der Waals surface area (Å²) in [5.74, 6) is -1.17. The molecule has 0 saturated carbocycles. The van der Waals surface area contributed by atoms with Crippen LogP contribution in [0.15, 0.2) is 6.07 Å². The van der Waals surface area contributed by atoms with E-state index in [4.69, 9.17) is 11.6 Å². The van der Waals surface area contributed by atoms with Crippen LogP contribution < -0.4 is 4.74 Å². The average Bonchev–Trinajstić information content (AvgIpc) is 2.18. The van der Waals surface area contributed by atoms with Gasteiger partial charge in [0.25, 0.3) is 6.43 Å². The molecule has 9 heteroatoms. The quantitative estimate of drug-likeness (QED) is 0.439. The number of ether oxygens (including phenoxy) is 1. The molecule has 0 fully saturated rings. The normalized spacial score (nSPS) is 12.0. The van der Waals surface area contributed by atoms with Gasteiger partial charge < -0.3 is 4.74 Å². The lowest BCUT2D eigenvalue weighted by Gasteiger charge is -2.13. The summed E-state index contributed by atoms with van der Waals surface area (Å²) in [5, 5.41) is 0. The fourth-order valence-corrected chi connectivity index (χ4v) is 1.82. The predicted molar refractivity (Wildman–Crippen MR) is 58.2 cm³/mol. The Morgan fingerprint density at radius 2 is 2.00 bits per heavy atom. The topological polar surface area (TPSA) is 22.1 Å². The summed E-state index contributed by atoms with van der Waals surface area (Å²) in [5.41, 5.74) is -0.833. The van der Waals surface area contributed by atoms with Gasteiger partial charge in [-0.15, -0.1) is 24.8 Å². The minimum absolute atomic E-state index is 0.0272. The number of nitrogens with zero attached hydrogens (tertiary/aromatic N) is 1. The summed E-state index contributed by atoms with van der Waals surface area (Å²) in [6.07, 6.45) is -7.99. The van der Waals surface area contributed by atoms with Crippen molar-refractivity contribution in [2.75, 3.05) is 0 Å². The molecule has 1 aromatic heterocycles. The van der Waals surface area contributed by atoms with Crippen molar-refractivity contribution in [3.05, 3.63) is 20.9 Å². The van der Waals surface area contributed by atoms with E-state index in [1.165, 1.54) is 22.6 Å². The van der Waals surface area contributed by atoms with E-state index in [9.17, 15) is 22.0 Å². The molecule has 0 aliphatic heterocycles. The first-order chi connectivity index (χ1) is 7.74. The summed E-state index contributed by atoms with van der Waals surface area (Å²) in [7, 11) is 0. The lowest BCUT2D eigenvalue weighted by atomic mass is 10.2. The van der Waals surface area contributed by atoms with E-state index in [-0.39, 0.29) is 15.0 Å². The van der Waals surface area contributed by atoms with E-state index in [0.29, 0.717) is 0 Å². The Hall–Kier alpha value is -0.380. The van der Waals surface area contributed by atoms with Gasteiger partial charge in [0.05, 0.1) is 3.57 Å². The maximum atomic E-state index is 12.5. The van der Waals surface area contributed by atoms with Crippen LogP contribution in [0.1, 0.15) is 17.7 Å². The fourth-order valence-electron chi connectivity index (χ4n) is 1.00. The Bertz CT molecular complexity index is 412. The van der Waals surface area contributed by atoms with Gasteiger partial charge in [-0.3, -0.25) is 0 Å². The molecule has 0 unspecified atom stereocenters. The third-order valence-corrected chi connectivity index (χ3v) is 2.68. The van der Waals surface area contributed by atoms with Crippen LogP contribution in [0, 0.1) is 3.57 Å². The van der Waals surface area contributed by atoms with Gasteiger partial charge in [-0.1, -0.05) is 0 Å². The van der Waals surface area contributed by atoms with Gasteiger partial charge in [-0.05, 0) is 34.2 Å². The number of halogens is 7. The summed E-state index contributed by atoms with van der Waals surface area (Å²) >= 11 is 6.89. The molecule has 96 valence electrons. The van der Waals surface area contributed by atoms with Crippen molar-refractivity contribution in [1.29, 1.82) is 0 Å². The van der Waals surface area contributed by atoms with Crippen molar-refractivity contribution in [3.8, 4) is 5.88 Å². The van der Waals surface area contributed by atoms with Gasteiger partial charge in [-0.2, -0.15) is 0 Å². The second-order valence-corrected chi connectivity index (χ2v) is 4.23. The molecular formula is C8H4ClF5INO. The van der Waals surface area contributed by atoms with Crippen LogP contribution in [-0.4, -0.2) is 11.3 Å². The standard InChI is InChI=1S/C8H4ClF5INO/c9-2-3-1-4(15)7(17-8(12,13)14)16-5(3)6(10)11/h1,6H,2H2. The molecule has 0 saturated heterocycles. The second-order valence-electron chi connectivity index (χ2n) is 2.80. The van der Waals surface area contributed by atoms with Gasteiger partial charge >= 0.3 is 6.36 Å². The molecule has 0 aliphatic rings. The lowest BCUT2D eigenvalue weighted by Crippen LogP contribution is -2.19. The van der Waals surface area contributed by atoms with E-state index in [0.717, 1.165) is 6.07 Å². The van der Waals surface area contributed by atoms with Crippen LogP contribution in [0.4, 0.5) is 22.0 Å². The first-order valence-corrected chi connectivity index (χ1v) is 5.65. The van der Waals surface area contributed by atoms with Crippen LogP contribution >= 0.6 is 34.2 Å². The Morgan fingerprint density at radius 3 is 2.41 bits per heavy atom. The largest absolute Gasteiger partial charge is 0.574 e. The zero-order chi connectivity index (χ0) is 13.2. The number of alkyl halides is 6. The van der Waals surface area contributed by atoms with Crippen LogP contribution in [0.2, 0.25) is 0 Å². The lowest BCUT2D eigenvalue weighted by molar-refractivity contribution is -0.276. The number of pyridine rings is 1. The molecule has 17 heavy (non-hydrogen) atoms. The van der Waals surface area contributed by atoms with E-state index in [1.54, 1.807) is 0 Å². The first-order valence-electron chi connectivity index (χ1n) is 4.03. The predicted octanol–water partition coefficient (Wildman–Crippen LogP) is 4.26. The summed E-state index contributed by atoms with van der Waals surface area (Å²) in [6.45, 7) is 0. The van der Waals surface area contributed by atoms with Crippen molar-refractivity contribution in [1.82, 2.24) is 4.98 Å². The highest BCUT2D eigenvalue weighted by molar-refractivity contribution is 14.1. The number of rotatable bonds is 3. The van der Waals surface area contributed by atoms with Gasteiger partial charge in [0.15, 0.2) is 0 Å². The summed E-state index contributed by atoms with van der Waals surface area (Å²) in [6, 6.07) is 1.09. The van der Waals surface area contributed by atoms with Gasteiger partial charge in [0.1, 0.15) is 5.69 Å². The Balaban J connectivity index is 3.20. The molecule has 2 nitrogen and oxygen atoms in total. The minimum atomic E-state index is -4.98. The monoisotopic (exact) mass is 387 g/mol. The van der Waals surface area contributed by atoms with Crippen LogP contribution in [0.5, 0.6) is 5.88 Å². The van der Waals surface area contributed by atoms with E-state index >= 15 is 0 Å². The Morgan fingerprint density at radius 1 is 1.41 bits per heavy atom. The van der Waals surface area contributed by atoms with Crippen LogP contribution in [0.3, 0.4) is 0 Å². The molecule has 0 spiro atoms. The molecule has 0 atom stereocenters. The Labute approximate surface area is 111 Å². The maximum absolute atomic E-state index is 12.5. The highest BCUT2D eigenvalue weighted by Crippen LogP contribution is 2.31. The van der Waals surface area contributed by atoms with Crippen LogP contribution in [-0.2, 0) is 5.88 Å². The molecule has 0 N–H and O–H groups in total. The van der Waals surface area contributed by atoms with E-state index in [2.05, 4.69) is 9.72 Å². The molecule has 0 amide bonds.